The van der Waals surface area contributed by atoms with Crippen molar-refractivity contribution in [2.75, 3.05) is 0 Å². The van der Waals surface area contributed by atoms with Gasteiger partial charge in [0.25, 0.3) is 0 Å². The Kier molecular flexibility index (Phi) is 4.30. The first-order chi connectivity index (χ1) is 8.04. The van der Waals surface area contributed by atoms with Crippen LogP contribution in [0.4, 0.5) is 26.3 Å². The molecule has 10 heteroatoms. The molecule has 1 aromatic heterocycles. The van der Waals surface area contributed by atoms with Crippen molar-refractivity contribution in [1.82, 2.24) is 4.98 Å². The van der Waals surface area contributed by atoms with E-state index in [1.54, 1.807) is 0 Å². The Bertz CT molecular complexity index is 444. The molecule has 3 nitrogen and oxygen atoms in total. The molecule has 0 aromatic carbocycles. The zero-order valence-corrected chi connectivity index (χ0v) is 10.4. The number of hydrogen-bond donors (Lipinski definition) is 1. The molecule has 0 bridgehead atoms. The molecular formula is C8H4F6INO2. The molecule has 0 amide bonds. The second-order valence-corrected chi connectivity index (χ2v) is 4.08. The average molecular weight is 387 g/mol. The highest BCUT2D eigenvalue weighted by Gasteiger charge is 2.41. The summed E-state index contributed by atoms with van der Waals surface area (Å²) in [6.07, 6.45) is -10.4. The van der Waals surface area contributed by atoms with Crippen molar-refractivity contribution in [3.05, 3.63) is 21.0 Å². The Morgan fingerprint density at radius 3 is 2.17 bits per heavy atom. The summed E-state index contributed by atoms with van der Waals surface area (Å²) in [4.78, 5) is 3.36. The van der Waals surface area contributed by atoms with Crippen molar-refractivity contribution in [1.29, 1.82) is 0 Å². The van der Waals surface area contributed by atoms with Gasteiger partial charge in [-0.15, -0.1) is 13.2 Å². The molecular weight excluding hydrogens is 383 g/mol. The van der Waals surface area contributed by atoms with Gasteiger partial charge in [-0.25, -0.2) is 4.98 Å². The van der Waals surface area contributed by atoms with Gasteiger partial charge in [-0.1, -0.05) is 0 Å². The van der Waals surface area contributed by atoms with Gasteiger partial charge in [0.1, 0.15) is 15.0 Å². The highest BCUT2D eigenvalue weighted by Crippen LogP contribution is 2.40. The number of hydrogen-bond acceptors (Lipinski definition) is 3. The zero-order valence-electron chi connectivity index (χ0n) is 8.23. The van der Waals surface area contributed by atoms with Gasteiger partial charge < -0.3 is 9.84 Å². The van der Waals surface area contributed by atoms with E-state index in [1.807, 2.05) is 0 Å². The zero-order chi connectivity index (χ0) is 14.1. The molecule has 1 N–H and O–H groups in total. The fraction of sp³-hybridized carbons (Fsp3) is 0.375. The van der Waals surface area contributed by atoms with Crippen LogP contribution in [0.25, 0.3) is 0 Å². The summed E-state index contributed by atoms with van der Waals surface area (Å²) in [6.45, 7) is -1.11. The molecule has 0 spiro atoms. The summed E-state index contributed by atoms with van der Waals surface area (Å²) in [5, 5.41) is 8.75. The first kappa shape index (κ1) is 15.3. The molecule has 1 rings (SSSR count). The number of pyridine rings is 1. The summed E-state index contributed by atoms with van der Waals surface area (Å²) in [6, 6.07) is 0.404. The van der Waals surface area contributed by atoms with Gasteiger partial charge in [0, 0.05) is 0 Å². The van der Waals surface area contributed by atoms with E-state index in [-0.39, 0.29) is 3.70 Å². The summed E-state index contributed by atoms with van der Waals surface area (Å²) < 4.78 is 76.8. The standard InChI is InChI=1S/C8H4F6INO2/c9-7(10,11)3-1-5(15)16-4(2-17)6(3)18-8(12,13)14/h1,17H,2H2. The second kappa shape index (κ2) is 5.07. The maximum Gasteiger partial charge on any atom is 0.573 e. The SMILES string of the molecule is OCc1nc(I)cc(C(F)(F)F)c1OC(F)(F)F. The van der Waals surface area contributed by atoms with Crippen LogP contribution in [0.3, 0.4) is 0 Å². The number of nitrogens with zero attached hydrogens (tertiary/aromatic N) is 1. The molecule has 18 heavy (non-hydrogen) atoms. The molecule has 0 saturated carbocycles. The number of rotatable bonds is 2. The molecule has 1 aromatic rings. The van der Waals surface area contributed by atoms with E-state index in [1.165, 1.54) is 22.6 Å². The number of alkyl halides is 6. The molecule has 0 saturated heterocycles. The number of halogens is 7. The lowest BCUT2D eigenvalue weighted by Crippen LogP contribution is -2.22. The topological polar surface area (TPSA) is 42.4 Å². The van der Waals surface area contributed by atoms with Crippen LogP contribution in [-0.2, 0) is 12.8 Å². The Hall–Kier alpha value is -0.780. The quantitative estimate of drug-likeness (QED) is 0.482. The molecule has 0 aliphatic rings. The van der Waals surface area contributed by atoms with Crippen LogP contribution in [0, 0.1) is 3.70 Å². The van der Waals surface area contributed by atoms with Crippen LogP contribution in [0.15, 0.2) is 6.07 Å². The van der Waals surface area contributed by atoms with Crippen LogP contribution in [-0.4, -0.2) is 16.5 Å². The third-order valence-electron chi connectivity index (χ3n) is 1.68. The second-order valence-electron chi connectivity index (χ2n) is 2.97. The van der Waals surface area contributed by atoms with Gasteiger partial charge in [0.05, 0.1) is 6.61 Å². The predicted octanol–water partition coefficient (Wildman–Crippen LogP) is 3.10. The Balaban J connectivity index is 3.43. The van der Waals surface area contributed by atoms with Gasteiger partial charge in [-0.05, 0) is 28.7 Å². The fourth-order valence-corrected chi connectivity index (χ4v) is 1.70. The van der Waals surface area contributed by atoms with Gasteiger partial charge in [0.2, 0.25) is 0 Å². The monoisotopic (exact) mass is 387 g/mol. The van der Waals surface area contributed by atoms with Gasteiger partial charge >= 0.3 is 12.5 Å². The molecule has 0 unspecified atom stereocenters. The van der Waals surface area contributed by atoms with Gasteiger partial charge in [0.15, 0.2) is 5.75 Å². The van der Waals surface area contributed by atoms with Crippen LogP contribution < -0.4 is 4.74 Å². The molecule has 0 atom stereocenters. The van der Waals surface area contributed by atoms with Crippen LogP contribution in [0.1, 0.15) is 11.3 Å². The lowest BCUT2D eigenvalue weighted by atomic mass is 10.2. The van der Waals surface area contributed by atoms with Crippen molar-refractivity contribution >= 4 is 22.6 Å². The first-order valence-electron chi connectivity index (χ1n) is 4.18. The number of aliphatic hydroxyl groups is 1. The smallest absolute Gasteiger partial charge is 0.403 e. The number of aliphatic hydroxyl groups excluding tert-OH is 1. The van der Waals surface area contributed by atoms with E-state index < -0.39 is 36.2 Å². The normalized spacial score (nSPS) is 12.7. The maximum atomic E-state index is 12.6. The Labute approximate surface area is 110 Å². The highest BCUT2D eigenvalue weighted by atomic mass is 127. The molecule has 0 aliphatic heterocycles. The van der Waals surface area contributed by atoms with Crippen molar-refractivity contribution in [2.24, 2.45) is 0 Å². The summed E-state index contributed by atoms with van der Waals surface area (Å²) in [5.41, 5.74) is -2.46. The van der Waals surface area contributed by atoms with E-state index in [4.69, 9.17) is 5.11 Å². The molecule has 1 heterocycles. The molecule has 102 valence electrons. The van der Waals surface area contributed by atoms with E-state index in [0.29, 0.717) is 6.07 Å². The average Bonchev–Trinajstić information content (AvgIpc) is 2.16. The van der Waals surface area contributed by atoms with Gasteiger partial charge in [-0.2, -0.15) is 13.2 Å². The highest BCUT2D eigenvalue weighted by molar-refractivity contribution is 14.1. The first-order valence-corrected chi connectivity index (χ1v) is 5.25. The summed E-state index contributed by atoms with van der Waals surface area (Å²) >= 11 is 1.39. The van der Waals surface area contributed by atoms with Crippen molar-refractivity contribution in [3.63, 3.8) is 0 Å². The third kappa shape index (κ3) is 3.86. The van der Waals surface area contributed by atoms with Crippen molar-refractivity contribution in [2.45, 2.75) is 19.1 Å². The Morgan fingerprint density at radius 1 is 1.22 bits per heavy atom. The van der Waals surface area contributed by atoms with Crippen LogP contribution in [0.2, 0.25) is 0 Å². The Morgan fingerprint density at radius 2 is 1.78 bits per heavy atom. The minimum absolute atomic E-state index is 0.210. The molecule has 0 radical (unpaired) electrons. The third-order valence-corrected chi connectivity index (χ3v) is 2.24. The number of aromatic nitrogens is 1. The summed E-state index contributed by atoms with van der Waals surface area (Å²) in [5.74, 6) is -1.53. The lowest BCUT2D eigenvalue weighted by Gasteiger charge is -2.17. The van der Waals surface area contributed by atoms with E-state index in [9.17, 15) is 26.3 Å². The minimum Gasteiger partial charge on any atom is -0.403 e. The minimum atomic E-state index is -5.31. The summed E-state index contributed by atoms with van der Waals surface area (Å²) in [7, 11) is 0. The van der Waals surface area contributed by atoms with Crippen molar-refractivity contribution < 1.29 is 36.2 Å². The molecule has 0 fully saturated rings. The predicted molar refractivity (Wildman–Crippen MR) is 54.6 cm³/mol. The largest absolute Gasteiger partial charge is 0.573 e. The van der Waals surface area contributed by atoms with Gasteiger partial charge in [-0.3, -0.25) is 0 Å². The van der Waals surface area contributed by atoms with Crippen LogP contribution >= 0.6 is 22.6 Å². The van der Waals surface area contributed by atoms with Crippen LogP contribution in [0.5, 0.6) is 5.75 Å². The van der Waals surface area contributed by atoms with E-state index >= 15 is 0 Å². The van der Waals surface area contributed by atoms with Crippen molar-refractivity contribution in [3.8, 4) is 5.75 Å². The fourth-order valence-electron chi connectivity index (χ4n) is 1.10. The van der Waals surface area contributed by atoms with E-state index in [2.05, 4.69) is 9.72 Å². The lowest BCUT2D eigenvalue weighted by molar-refractivity contribution is -0.276. The molecule has 0 aliphatic carbocycles. The maximum absolute atomic E-state index is 12.6. The van der Waals surface area contributed by atoms with E-state index in [0.717, 1.165) is 0 Å². The number of ether oxygens (including phenoxy) is 1.